The van der Waals surface area contributed by atoms with Crippen molar-refractivity contribution in [1.29, 1.82) is 0 Å². The highest BCUT2D eigenvalue weighted by atomic mass is 19.4. The SMILES string of the molecule is CCC(CN)C(=O)Nc1cc(C(F)(F)F)ccc1F. The van der Waals surface area contributed by atoms with Crippen LogP contribution in [0.15, 0.2) is 18.2 Å². The molecule has 0 aliphatic carbocycles. The van der Waals surface area contributed by atoms with Gasteiger partial charge in [0.2, 0.25) is 5.91 Å². The van der Waals surface area contributed by atoms with Crippen molar-refractivity contribution in [2.45, 2.75) is 19.5 Å². The number of hydrogen-bond acceptors (Lipinski definition) is 2. The number of anilines is 1. The molecule has 0 aliphatic rings. The summed E-state index contributed by atoms with van der Waals surface area (Å²) in [5, 5.41) is 2.13. The highest BCUT2D eigenvalue weighted by molar-refractivity contribution is 5.92. The minimum absolute atomic E-state index is 0.0446. The van der Waals surface area contributed by atoms with Crippen molar-refractivity contribution in [1.82, 2.24) is 0 Å². The summed E-state index contributed by atoms with van der Waals surface area (Å²) in [5.41, 5.74) is 3.82. The lowest BCUT2D eigenvalue weighted by molar-refractivity contribution is -0.137. The zero-order valence-electron chi connectivity index (χ0n) is 10.2. The van der Waals surface area contributed by atoms with E-state index in [0.29, 0.717) is 24.6 Å². The molecule has 19 heavy (non-hydrogen) atoms. The van der Waals surface area contributed by atoms with Gasteiger partial charge >= 0.3 is 6.18 Å². The van der Waals surface area contributed by atoms with Gasteiger partial charge in [-0.25, -0.2) is 4.39 Å². The number of nitrogens with two attached hydrogens (primary N) is 1. The fourth-order valence-corrected chi connectivity index (χ4v) is 1.49. The first-order chi connectivity index (χ1) is 8.79. The van der Waals surface area contributed by atoms with Crippen LogP contribution in [0.3, 0.4) is 0 Å². The van der Waals surface area contributed by atoms with Crippen LogP contribution in [0.4, 0.5) is 23.2 Å². The molecule has 0 heterocycles. The second-order valence-electron chi connectivity index (χ2n) is 4.02. The van der Waals surface area contributed by atoms with E-state index in [4.69, 9.17) is 5.73 Å². The van der Waals surface area contributed by atoms with E-state index in [1.54, 1.807) is 6.92 Å². The van der Waals surface area contributed by atoms with Gasteiger partial charge in [-0.15, -0.1) is 0 Å². The Kier molecular flexibility index (Phi) is 4.88. The van der Waals surface area contributed by atoms with Crippen LogP contribution >= 0.6 is 0 Å². The van der Waals surface area contributed by atoms with Crippen LogP contribution in [0, 0.1) is 11.7 Å². The molecule has 0 bridgehead atoms. The maximum absolute atomic E-state index is 13.4. The summed E-state index contributed by atoms with van der Waals surface area (Å²) in [6.45, 7) is 1.75. The number of amides is 1. The number of benzene rings is 1. The molecule has 1 rings (SSSR count). The zero-order valence-corrected chi connectivity index (χ0v) is 10.2. The number of nitrogens with one attached hydrogen (secondary N) is 1. The Morgan fingerprint density at radius 3 is 2.53 bits per heavy atom. The smallest absolute Gasteiger partial charge is 0.330 e. The number of carbonyl (C=O) groups is 1. The minimum Gasteiger partial charge on any atom is -0.330 e. The van der Waals surface area contributed by atoms with Crippen molar-refractivity contribution in [3.8, 4) is 0 Å². The molecule has 0 spiro atoms. The van der Waals surface area contributed by atoms with E-state index in [1.165, 1.54) is 0 Å². The predicted molar refractivity (Wildman–Crippen MR) is 62.9 cm³/mol. The molecule has 0 saturated heterocycles. The molecular formula is C12H14F4N2O. The highest BCUT2D eigenvalue weighted by Gasteiger charge is 2.31. The Labute approximate surface area is 107 Å². The van der Waals surface area contributed by atoms with Gasteiger partial charge in [-0.05, 0) is 24.6 Å². The molecule has 1 aromatic rings. The molecule has 1 atom stereocenters. The quantitative estimate of drug-likeness (QED) is 0.832. The first-order valence-electron chi connectivity index (χ1n) is 5.67. The lowest BCUT2D eigenvalue weighted by Gasteiger charge is -2.14. The van der Waals surface area contributed by atoms with Crippen molar-refractivity contribution in [3.05, 3.63) is 29.6 Å². The molecule has 106 valence electrons. The molecule has 1 amide bonds. The van der Waals surface area contributed by atoms with E-state index >= 15 is 0 Å². The Bertz CT molecular complexity index is 456. The van der Waals surface area contributed by atoms with Crippen LogP contribution < -0.4 is 11.1 Å². The van der Waals surface area contributed by atoms with Crippen molar-refractivity contribution in [2.24, 2.45) is 11.7 Å². The second-order valence-corrected chi connectivity index (χ2v) is 4.02. The molecule has 0 fully saturated rings. The molecule has 3 nitrogen and oxygen atoms in total. The largest absolute Gasteiger partial charge is 0.416 e. The van der Waals surface area contributed by atoms with Crippen molar-refractivity contribution in [3.63, 3.8) is 0 Å². The number of alkyl halides is 3. The summed E-state index contributed by atoms with van der Waals surface area (Å²) < 4.78 is 50.8. The highest BCUT2D eigenvalue weighted by Crippen LogP contribution is 2.31. The first kappa shape index (κ1) is 15.4. The number of carbonyl (C=O) groups excluding carboxylic acids is 1. The molecule has 1 unspecified atom stereocenters. The molecule has 0 saturated carbocycles. The Morgan fingerprint density at radius 1 is 1.42 bits per heavy atom. The third kappa shape index (κ3) is 3.92. The average molecular weight is 278 g/mol. The average Bonchev–Trinajstić information content (AvgIpc) is 2.32. The molecule has 0 aliphatic heterocycles. The minimum atomic E-state index is -4.59. The fraction of sp³-hybridized carbons (Fsp3) is 0.417. The Morgan fingerprint density at radius 2 is 2.05 bits per heavy atom. The van der Waals surface area contributed by atoms with Gasteiger partial charge in [0.25, 0.3) is 0 Å². The molecule has 0 radical (unpaired) electrons. The molecular weight excluding hydrogens is 264 g/mol. The topological polar surface area (TPSA) is 55.1 Å². The van der Waals surface area contributed by atoms with Crippen LogP contribution in [0.2, 0.25) is 0 Å². The summed E-state index contributed by atoms with van der Waals surface area (Å²) in [4.78, 5) is 11.6. The van der Waals surface area contributed by atoms with Crippen LogP contribution in [0.5, 0.6) is 0 Å². The van der Waals surface area contributed by atoms with Gasteiger partial charge in [0.05, 0.1) is 17.2 Å². The van der Waals surface area contributed by atoms with Gasteiger partial charge in [-0.1, -0.05) is 6.92 Å². The van der Waals surface area contributed by atoms with Gasteiger partial charge in [-0.2, -0.15) is 13.2 Å². The summed E-state index contributed by atoms with van der Waals surface area (Å²) in [7, 11) is 0. The van der Waals surface area contributed by atoms with Crippen LogP contribution in [-0.4, -0.2) is 12.5 Å². The fourth-order valence-electron chi connectivity index (χ4n) is 1.49. The summed E-state index contributed by atoms with van der Waals surface area (Å²) in [5.74, 6) is -2.08. The van der Waals surface area contributed by atoms with Crippen LogP contribution in [0.25, 0.3) is 0 Å². The summed E-state index contributed by atoms with van der Waals surface area (Å²) >= 11 is 0. The van der Waals surface area contributed by atoms with Crippen LogP contribution in [0.1, 0.15) is 18.9 Å². The van der Waals surface area contributed by atoms with Gasteiger partial charge in [-0.3, -0.25) is 4.79 Å². The third-order valence-corrected chi connectivity index (χ3v) is 2.70. The predicted octanol–water partition coefficient (Wildman–Crippen LogP) is 2.77. The lowest BCUT2D eigenvalue weighted by atomic mass is 10.1. The number of hydrogen-bond donors (Lipinski definition) is 2. The second kappa shape index (κ2) is 6.01. The van der Waals surface area contributed by atoms with E-state index in [0.717, 1.165) is 0 Å². The Balaban J connectivity index is 2.98. The van der Waals surface area contributed by atoms with Gasteiger partial charge < -0.3 is 11.1 Å². The number of halogens is 4. The first-order valence-corrected chi connectivity index (χ1v) is 5.67. The summed E-state index contributed by atoms with van der Waals surface area (Å²) in [6.07, 6.45) is -4.17. The van der Waals surface area contributed by atoms with E-state index in [-0.39, 0.29) is 6.54 Å². The monoisotopic (exact) mass is 278 g/mol. The maximum atomic E-state index is 13.4. The number of rotatable bonds is 4. The zero-order chi connectivity index (χ0) is 14.6. The van der Waals surface area contributed by atoms with E-state index in [9.17, 15) is 22.4 Å². The molecule has 7 heteroatoms. The van der Waals surface area contributed by atoms with Gasteiger partial charge in [0, 0.05) is 6.54 Å². The van der Waals surface area contributed by atoms with Crippen molar-refractivity contribution < 1.29 is 22.4 Å². The lowest BCUT2D eigenvalue weighted by Crippen LogP contribution is -2.29. The van der Waals surface area contributed by atoms with Gasteiger partial charge in [0.1, 0.15) is 5.82 Å². The molecule has 1 aromatic carbocycles. The molecule has 3 N–H and O–H groups in total. The van der Waals surface area contributed by atoms with Crippen molar-refractivity contribution >= 4 is 11.6 Å². The normalized spacial score (nSPS) is 13.2. The Hall–Kier alpha value is -1.63. The van der Waals surface area contributed by atoms with Crippen LogP contribution in [-0.2, 0) is 11.0 Å². The van der Waals surface area contributed by atoms with E-state index in [1.807, 2.05) is 0 Å². The third-order valence-electron chi connectivity index (χ3n) is 2.70. The van der Waals surface area contributed by atoms with Gasteiger partial charge in [0.15, 0.2) is 0 Å². The summed E-state index contributed by atoms with van der Waals surface area (Å²) in [6, 6.07) is 1.85. The standard InChI is InChI=1S/C12H14F4N2O/c1-2-7(6-17)11(19)18-10-5-8(12(14,15)16)3-4-9(10)13/h3-5,7H,2,6,17H2,1H3,(H,18,19). The van der Waals surface area contributed by atoms with Crippen molar-refractivity contribution in [2.75, 3.05) is 11.9 Å². The molecule has 0 aromatic heterocycles. The van der Waals surface area contributed by atoms with E-state index < -0.39 is 35.1 Å². The maximum Gasteiger partial charge on any atom is 0.416 e. The van der Waals surface area contributed by atoms with E-state index in [2.05, 4.69) is 5.32 Å².